The standard InChI is InChI=1S/C24H38O6/c1-14(8-7-9-15(2)12-18-13-16(3)24(27)30-18)10-11-19-17(4)20(25)22(28-5)23(29-6)21(19)26/h9-10,16-19,21-23,26H,7-8,11-13H2,1-6H3/b14-10+,15-9+/t16?,17-,18?,19-,21-,22?,23?/m1/s1. The Morgan fingerprint density at radius 2 is 1.83 bits per heavy atom. The third kappa shape index (κ3) is 6.02. The van der Waals surface area contributed by atoms with Gasteiger partial charge in [0, 0.05) is 32.5 Å². The Morgan fingerprint density at radius 3 is 2.40 bits per heavy atom. The van der Waals surface area contributed by atoms with Crippen LogP contribution in [0, 0.1) is 17.8 Å². The number of esters is 1. The molecule has 1 heterocycles. The number of cyclic esters (lactones) is 1. The zero-order valence-corrected chi connectivity index (χ0v) is 19.2. The second kappa shape index (κ2) is 11.2. The number of carbonyl (C=O) groups is 2. The van der Waals surface area contributed by atoms with E-state index in [0.29, 0.717) is 6.42 Å². The summed E-state index contributed by atoms with van der Waals surface area (Å²) in [5.41, 5.74) is 2.47. The number of ketones is 1. The molecule has 30 heavy (non-hydrogen) atoms. The van der Waals surface area contributed by atoms with E-state index in [4.69, 9.17) is 14.2 Å². The fourth-order valence-electron chi connectivity index (χ4n) is 4.58. The largest absolute Gasteiger partial charge is 0.462 e. The van der Waals surface area contributed by atoms with Crippen molar-refractivity contribution in [2.45, 2.75) is 84.2 Å². The van der Waals surface area contributed by atoms with Gasteiger partial charge >= 0.3 is 5.97 Å². The van der Waals surface area contributed by atoms with E-state index in [9.17, 15) is 14.7 Å². The van der Waals surface area contributed by atoms with Crippen LogP contribution < -0.4 is 0 Å². The molecule has 2 rings (SSSR count). The first kappa shape index (κ1) is 24.8. The van der Waals surface area contributed by atoms with E-state index in [1.807, 2.05) is 13.8 Å². The molecule has 0 spiro atoms. The monoisotopic (exact) mass is 422 g/mol. The summed E-state index contributed by atoms with van der Waals surface area (Å²) in [5.74, 6) is -0.545. The van der Waals surface area contributed by atoms with Crippen molar-refractivity contribution in [3.63, 3.8) is 0 Å². The summed E-state index contributed by atoms with van der Waals surface area (Å²) in [6.45, 7) is 7.94. The number of aliphatic hydroxyl groups excluding tert-OH is 1. The Balaban J connectivity index is 1.85. The van der Waals surface area contributed by atoms with Crippen LogP contribution in [0.5, 0.6) is 0 Å². The molecular formula is C24H38O6. The van der Waals surface area contributed by atoms with Gasteiger partial charge < -0.3 is 19.3 Å². The van der Waals surface area contributed by atoms with Crippen LogP contribution in [0.1, 0.15) is 59.8 Å². The van der Waals surface area contributed by atoms with Crippen LogP contribution in [-0.4, -0.2) is 55.5 Å². The molecule has 6 heteroatoms. The van der Waals surface area contributed by atoms with Crippen molar-refractivity contribution >= 4 is 11.8 Å². The number of hydrogen-bond acceptors (Lipinski definition) is 6. The first-order valence-corrected chi connectivity index (χ1v) is 11.0. The van der Waals surface area contributed by atoms with Crippen molar-refractivity contribution in [1.29, 1.82) is 0 Å². The molecule has 1 aliphatic carbocycles. The minimum absolute atomic E-state index is 0.00815. The summed E-state index contributed by atoms with van der Waals surface area (Å²) in [6.07, 6.45) is 6.33. The lowest BCUT2D eigenvalue weighted by molar-refractivity contribution is -0.172. The van der Waals surface area contributed by atoms with Gasteiger partial charge in [-0.05, 0) is 39.5 Å². The van der Waals surface area contributed by atoms with Gasteiger partial charge in [-0.15, -0.1) is 0 Å². The van der Waals surface area contributed by atoms with E-state index in [1.54, 1.807) is 0 Å². The summed E-state index contributed by atoms with van der Waals surface area (Å²) in [4.78, 5) is 24.1. The smallest absolute Gasteiger partial charge is 0.309 e. The molecule has 170 valence electrons. The lowest BCUT2D eigenvalue weighted by atomic mass is 9.72. The molecule has 1 saturated carbocycles. The highest BCUT2D eigenvalue weighted by Gasteiger charge is 2.47. The third-order valence-corrected chi connectivity index (χ3v) is 6.59. The molecule has 1 aliphatic heterocycles. The Morgan fingerprint density at radius 1 is 1.13 bits per heavy atom. The summed E-state index contributed by atoms with van der Waals surface area (Å²) in [7, 11) is 2.98. The summed E-state index contributed by atoms with van der Waals surface area (Å²) in [6, 6.07) is 0. The topological polar surface area (TPSA) is 82.1 Å². The third-order valence-electron chi connectivity index (χ3n) is 6.59. The maximum atomic E-state index is 12.6. The van der Waals surface area contributed by atoms with Crippen molar-refractivity contribution in [2.75, 3.05) is 14.2 Å². The molecule has 4 unspecified atom stereocenters. The predicted octanol–water partition coefficient (Wildman–Crippen LogP) is 3.62. The predicted molar refractivity (Wildman–Crippen MR) is 115 cm³/mol. The first-order valence-electron chi connectivity index (χ1n) is 11.0. The summed E-state index contributed by atoms with van der Waals surface area (Å²) in [5, 5.41) is 10.7. The number of aliphatic hydroxyl groups is 1. The van der Waals surface area contributed by atoms with Crippen LogP contribution in [0.4, 0.5) is 0 Å². The molecule has 0 aromatic rings. The van der Waals surface area contributed by atoms with Gasteiger partial charge in [0.15, 0.2) is 5.78 Å². The SMILES string of the molecule is COC1C(=O)[C@H](C)[C@@H](C/C=C(\C)CC/C=C(\C)CC2CC(C)C(=O)O2)[C@@H](O)C1OC. The Bertz CT molecular complexity index is 667. The molecule has 2 aliphatic rings. The fraction of sp³-hybridized carbons (Fsp3) is 0.750. The van der Waals surface area contributed by atoms with Crippen LogP contribution in [0.15, 0.2) is 23.3 Å². The van der Waals surface area contributed by atoms with Crippen molar-refractivity contribution in [3.8, 4) is 0 Å². The maximum Gasteiger partial charge on any atom is 0.309 e. The van der Waals surface area contributed by atoms with E-state index in [2.05, 4.69) is 26.0 Å². The number of methoxy groups -OCH3 is 2. The van der Waals surface area contributed by atoms with Crippen molar-refractivity contribution in [2.24, 2.45) is 17.8 Å². The zero-order valence-electron chi connectivity index (χ0n) is 19.2. The Labute approximate surface area is 180 Å². The molecule has 6 nitrogen and oxygen atoms in total. The van der Waals surface area contributed by atoms with Crippen molar-refractivity contribution in [1.82, 2.24) is 0 Å². The molecule has 2 fully saturated rings. The minimum Gasteiger partial charge on any atom is -0.462 e. The van der Waals surface area contributed by atoms with Crippen molar-refractivity contribution < 1.29 is 28.9 Å². The molecule has 1 N–H and O–H groups in total. The first-order chi connectivity index (χ1) is 14.2. The number of carbonyl (C=O) groups excluding carboxylic acids is 2. The van der Waals surface area contributed by atoms with Crippen LogP contribution >= 0.6 is 0 Å². The van der Waals surface area contributed by atoms with E-state index < -0.39 is 18.3 Å². The maximum absolute atomic E-state index is 12.6. The molecule has 0 amide bonds. The van der Waals surface area contributed by atoms with Gasteiger partial charge in [-0.3, -0.25) is 9.59 Å². The number of hydrogen-bond donors (Lipinski definition) is 1. The molecule has 0 aromatic heterocycles. The number of allylic oxidation sites excluding steroid dienone is 3. The number of Topliss-reactive ketones (excluding diaryl/α,β-unsaturated/α-hetero) is 1. The van der Waals surface area contributed by atoms with Gasteiger partial charge in [-0.1, -0.05) is 37.1 Å². The number of ether oxygens (including phenoxy) is 3. The van der Waals surface area contributed by atoms with Crippen LogP contribution in [0.3, 0.4) is 0 Å². The van der Waals surface area contributed by atoms with Crippen LogP contribution in [0.25, 0.3) is 0 Å². The fourth-order valence-corrected chi connectivity index (χ4v) is 4.58. The highest BCUT2D eigenvalue weighted by molar-refractivity contribution is 5.87. The van der Waals surface area contributed by atoms with Gasteiger partial charge in [0.25, 0.3) is 0 Å². The molecule has 0 radical (unpaired) electrons. The Kier molecular flexibility index (Phi) is 9.26. The molecule has 0 aromatic carbocycles. The minimum atomic E-state index is -0.740. The second-order valence-electron chi connectivity index (χ2n) is 8.98. The van der Waals surface area contributed by atoms with E-state index in [0.717, 1.165) is 25.7 Å². The number of rotatable bonds is 9. The molecular weight excluding hydrogens is 384 g/mol. The molecule has 1 saturated heterocycles. The van der Waals surface area contributed by atoms with Gasteiger partial charge in [-0.25, -0.2) is 0 Å². The van der Waals surface area contributed by atoms with Crippen LogP contribution in [0.2, 0.25) is 0 Å². The zero-order chi connectivity index (χ0) is 22.4. The molecule has 0 bridgehead atoms. The average Bonchev–Trinajstić information content (AvgIpc) is 3.01. The van der Waals surface area contributed by atoms with Gasteiger partial charge in [0.2, 0.25) is 0 Å². The lowest BCUT2D eigenvalue weighted by Crippen LogP contribution is -2.57. The highest BCUT2D eigenvalue weighted by atomic mass is 16.6. The summed E-state index contributed by atoms with van der Waals surface area (Å²) >= 11 is 0. The second-order valence-corrected chi connectivity index (χ2v) is 8.98. The average molecular weight is 423 g/mol. The molecule has 7 atom stereocenters. The Hall–Kier alpha value is -1.50. The van der Waals surface area contributed by atoms with Gasteiger partial charge in [0.05, 0.1) is 12.0 Å². The van der Waals surface area contributed by atoms with E-state index >= 15 is 0 Å². The summed E-state index contributed by atoms with van der Waals surface area (Å²) < 4.78 is 16.0. The normalized spacial score (nSPS) is 35.6. The van der Waals surface area contributed by atoms with Crippen LogP contribution in [-0.2, 0) is 23.8 Å². The van der Waals surface area contributed by atoms with Gasteiger partial charge in [0.1, 0.15) is 18.3 Å². The quantitative estimate of drug-likeness (QED) is 0.451. The van der Waals surface area contributed by atoms with E-state index in [-0.39, 0.29) is 35.6 Å². The van der Waals surface area contributed by atoms with Gasteiger partial charge in [-0.2, -0.15) is 0 Å². The highest BCUT2D eigenvalue weighted by Crippen LogP contribution is 2.34. The van der Waals surface area contributed by atoms with E-state index in [1.165, 1.54) is 25.4 Å². The lowest BCUT2D eigenvalue weighted by Gasteiger charge is -2.41. The van der Waals surface area contributed by atoms with Crippen molar-refractivity contribution in [3.05, 3.63) is 23.3 Å².